The third kappa shape index (κ3) is 3.44. The van der Waals surface area contributed by atoms with Gasteiger partial charge in [-0.1, -0.05) is 12.7 Å². The number of aryl methyl sites for hydroxylation is 1. The van der Waals surface area contributed by atoms with Gasteiger partial charge < -0.3 is 9.80 Å². The number of aromatic nitrogens is 2. The SMILES string of the molecule is C=CC(=O)N(C)c1ccc(C(=O)N2CC=C(c3ccnn3C)CC2)cc1. The largest absolute Gasteiger partial charge is 0.335 e. The quantitative estimate of drug-likeness (QED) is 0.796. The Morgan fingerprint density at radius 3 is 2.50 bits per heavy atom. The van der Waals surface area contributed by atoms with Crippen LogP contribution in [0.2, 0.25) is 0 Å². The van der Waals surface area contributed by atoms with Crippen molar-refractivity contribution in [3.63, 3.8) is 0 Å². The number of amides is 2. The maximum Gasteiger partial charge on any atom is 0.254 e. The molecule has 0 fully saturated rings. The standard InChI is InChI=1S/C20H22N4O2/c1-4-19(25)22(2)17-7-5-16(6-8-17)20(26)24-13-10-15(11-14-24)18-9-12-21-23(18)3/h4-10,12H,1,11,13-14H2,2-3H3. The highest BCUT2D eigenvalue weighted by molar-refractivity contribution is 6.01. The molecule has 134 valence electrons. The van der Waals surface area contributed by atoms with Gasteiger partial charge in [-0.25, -0.2) is 0 Å². The lowest BCUT2D eigenvalue weighted by atomic mass is 10.0. The highest BCUT2D eigenvalue weighted by Crippen LogP contribution is 2.23. The Labute approximate surface area is 153 Å². The highest BCUT2D eigenvalue weighted by Gasteiger charge is 2.20. The predicted molar refractivity (Wildman–Crippen MR) is 102 cm³/mol. The normalized spacial score (nSPS) is 13.9. The lowest BCUT2D eigenvalue weighted by Crippen LogP contribution is -2.34. The molecular formula is C20H22N4O2. The van der Waals surface area contributed by atoms with E-state index in [1.165, 1.54) is 16.5 Å². The van der Waals surface area contributed by atoms with Crippen LogP contribution < -0.4 is 4.90 Å². The Hall–Kier alpha value is -3.15. The first-order chi connectivity index (χ1) is 12.5. The Morgan fingerprint density at radius 2 is 1.96 bits per heavy atom. The number of benzene rings is 1. The molecule has 1 aliphatic heterocycles. The summed E-state index contributed by atoms with van der Waals surface area (Å²) in [6, 6.07) is 9.05. The number of anilines is 1. The first-order valence-corrected chi connectivity index (χ1v) is 8.48. The van der Waals surface area contributed by atoms with Crippen molar-refractivity contribution in [2.45, 2.75) is 6.42 Å². The van der Waals surface area contributed by atoms with Crippen molar-refractivity contribution < 1.29 is 9.59 Å². The minimum atomic E-state index is -0.187. The molecule has 0 unspecified atom stereocenters. The third-order valence-electron chi connectivity index (χ3n) is 4.65. The second-order valence-electron chi connectivity index (χ2n) is 6.22. The molecule has 26 heavy (non-hydrogen) atoms. The zero-order valence-corrected chi connectivity index (χ0v) is 15.1. The van der Waals surface area contributed by atoms with Crippen molar-refractivity contribution in [2.24, 2.45) is 7.05 Å². The molecule has 0 atom stereocenters. The lowest BCUT2D eigenvalue weighted by Gasteiger charge is -2.27. The summed E-state index contributed by atoms with van der Waals surface area (Å²) in [6.07, 6.45) is 5.94. The van der Waals surface area contributed by atoms with Crippen molar-refractivity contribution in [3.05, 3.63) is 66.5 Å². The number of hydrogen-bond donors (Lipinski definition) is 0. The van der Waals surface area contributed by atoms with E-state index in [1.54, 1.807) is 37.5 Å². The predicted octanol–water partition coefficient (Wildman–Crippen LogP) is 2.50. The first kappa shape index (κ1) is 17.7. The molecule has 0 bridgehead atoms. The molecule has 2 heterocycles. The van der Waals surface area contributed by atoms with Gasteiger partial charge in [-0.2, -0.15) is 5.10 Å². The van der Waals surface area contributed by atoms with Crippen LogP contribution >= 0.6 is 0 Å². The highest BCUT2D eigenvalue weighted by atomic mass is 16.2. The van der Waals surface area contributed by atoms with Gasteiger partial charge in [0.2, 0.25) is 5.91 Å². The van der Waals surface area contributed by atoms with Gasteiger partial charge in [-0.05, 0) is 48.4 Å². The fraction of sp³-hybridized carbons (Fsp3) is 0.250. The molecule has 0 saturated heterocycles. The third-order valence-corrected chi connectivity index (χ3v) is 4.65. The molecular weight excluding hydrogens is 328 g/mol. The second-order valence-corrected chi connectivity index (χ2v) is 6.22. The number of rotatable bonds is 4. The minimum Gasteiger partial charge on any atom is -0.335 e. The van der Waals surface area contributed by atoms with E-state index in [2.05, 4.69) is 17.8 Å². The van der Waals surface area contributed by atoms with Crippen LogP contribution in [-0.4, -0.2) is 46.6 Å². The molecule has 6 heteroatoms. The van der Waals surface area contributed by atoms with E-state index in [4.69, 9.17) is 0 Å². The van der Waals surface area contributed by atoms with Crippen LogP contribution in [0.3, 0.4) is 0 Å². The van der Waals surface area contributed by atoms with Crippen molar-refractivity contribution in [3.8, 4) is 0 Å². The van der Waals surface area contributed by atoms with E-state index >= 15 is 0 Å². The van der Waals surface area contributed by atoms with Crippen LogP contribution in [-0.2, 0) is 11.8 Å². The molecule has 0 radical (unpaired) electrons. The summed E-state index contributed by atoms with van der Waals surface area (Å²) < 4.78 is 1.85. The Bertz CT molecular complexity index is 864. The molecule has 0 aliphatic carbocycles. The number of hydrogen-bond acceptors (Lipinski definition) is 3. The number of likely N-dealkylation sites (N-methyl/N-ethyl adjacent to an activating group) is 1. The van der Waals surface area contributed by atoms with Crippen LogP contribution in [0, 0.1) is 0 Å². The molecule has 6 nitrogen and oxygen atoms in total. The van der Waals surface area contributed by atoms with Crippen LogP contribution in [0.4, 0.5) is 5.69 Å². The molecule has 2 amide bonds. The Balaban J connectivity index is 1.69. The molecule has 0 spiro atoms. The first-order valence-electron chi connectivity index (χ1n) is 8.48. The fourth-order valence-electron chi connectivity index (χ4n) is 3.05. The van der Waals surface area contributed by atoms with Crippen molar-refractivity contribution in [1.82, 2.24) is 14.7 Å². The van der Waals surface area contributed by atoms with Gasteiger partial charge in [-0.15, -0.1) is 0 Å². The average Bonchev–Trinajstić information content (AvgIpc) is 3.12. The summed E-state index contributed by atoms with van der Waals surface area (Å²) in [7, 11) is 3.60. The van der Waals surface area contributed by atoms with Gasteiger partial charge in [0.15, 0.2) is 0 Å². The summed E-state index contributed by atoms with van der Waals surface area (Å²) in [6.45, 7) is 4.73. The molecule has 0 N–H and O–H groups in total. The summed E-state index contributed by atoms with van der Waals surface area (Å²) in [5.41, 5.74) is 3.65. The summed E-state index contributed by atoms with van der Waals surface area (Å²) in [4.78, 5) is 27.7. The van der Waals surface area contributed by atoms with Gasteiger partial charge >= 0.3 is 0 Å². The van der Waals surface area contributed by atoms with Crippen molar-refractivity contribution in [1.29, 1.82) is 0 Å². The summed E-state index contributed by atoms with van der Waals surface area (Å²) in [5.74, 6) is -0.192. The van der Waals surface area contributed by atoms with Crippen molar-refractivity contribution >= 4 is 23.1 Å². The molecule has 0 saturated carbocycles. The monoisotopic (exact) mass is 350 g/mol. The number of nitrogens with zero attached hydrogens (tertiary/aromatic N) is 4. The van der Waals surface area contributed by atoms with Gasteiger partial charge in [0.25, 0.3) is 5.91 Å². The van der Waals surface area contributed by atoms with E-state index in [-0.39, 0.29) is 11.8 Å². The lowest BCUT2D eigenvalue weighted by molar-refractivity contribution is -0.113. The van der Waals surface area contributed by atoms with Gasteiger partial charge in [0.1, 0.15) is 0 Å². The topological polar surface area (TPSA) is 58.4 Å². The van der Waals surface area contributed by atoms with Gasteiger partial charge in [0, 0.05) is 44.6 Å². The maximum absolute atomic E-state index is 12.7. The Kier molecular flexibility index (Phi) is 5.02. The van der Waals surface area contributed by atoms with Crippen LogP contribution in [0.25, 0.3) is 5.57 Å². The number of carbonyl (C=O) groups excluding carboxylic acids is 2. The zero-order chi connectivity index (χ0) is 18.7. The summed E-state index contributed by atoms with van der Waals surface area (Å²) in [5, 5.41) is 4.20. The average molecular weight is 350 g/mol. The van der Waals surface area contributed by atoms with E-state index < -0.39 is 0 Å². The van der Waals surface area contributed by atoms with E-state index in [0.29, 0.717) is 18.7 Å². The van der Waals surface area contributed by atoms with E-state index in [1.807, 2.05) is 22.7 Å². The van der Waals surface area contributed by atoms with Crippen LogP contribution in [0.1, 0.15) is 22.5 Å². The van der Waals surface area contributed by atoms with E-state index in [9.17, 15) is 9.59 Å². The van der Waals surface area contributed by atoms with Gasteiger partial charge in [-0.3, -0.25) is 14.3 Å². The molecule has 3 rings (SSSR count). The smallest absolute Gasteiger partial charge is 0.254 e. The van der Waals surface area contributed by atoms with Crippen molar-refractivity contribution in [2.75, 3.05) is 25.0 Å². The van der Waals surface area contributed by atoms with E-state index in [0.717, 1.165) is 17.8 Å². The van der Waals surface area contributed by atoms with Gasteiger partial charge in [0.05, 0.1) is 5.69 Å². The van der Waals surface area contributed by atoms with Crippen LogP contribution in [0.15, 0.2) is 55.3 Å². The molecule has 1 aliphatic rings. The number of carbonyl (C=O) groups is 2. The zero-order valence-electron chi connectivity index (χ0n) is 15.1. The second kappa shape index (κ2) is 7.39. The molecule has 2 aromatic rings. The fourth-order valence-corrected chi connectivity index (χ4v) is 3.05. The maximum atomic E-state index is 12.7. The minimum absolute atomic E-state index is 0.00504. The molecule has 1 aromatic heterocycles. The molecule has 1 aromatic carbocycles. The van der Waals surface area contributed by atoms with Crippen LogP contribution in [0.5, 0.6) is 0 Å². The summed E-state index contributed by atoms with van der Waals surface area (Å²) >= 11 is 0. The Morgan fingerprint density at radius 1 is 1.23 bits per heavy atom.